The molecule has 1 aliphatic rings. The van der Waals surface area contributed by atoms with Gasteiger partial charge in [-0.3, -0.25) is 14.5 Å². The van der Waals surface area contributed by atoms with Gasteiger partial charge in [0, 0.05) is 39.9 Å². The van der Waals surface area contributed by atoms with E-state index in [1.807, 2.05) is 48.5 Å². The molecular formula is C25H31IN6O2. The van der Waals surface area contributed by atoms with Crippen LogP contribution in [0.15, 0.2) is 72.0 Å². The van der Waals surface area contributed by atoms with Crippen molar-refractivity contribution in [2.45, 2.75) is 19.8 Å². The molecule has 34 heavy (non-hydrogen) atoms. The summed E-state index contributed by atoms with van der Waals surface area (Å²) in [5, 5.41) is 7.59. The number of aryl methyl sites for hydroxylation is 1. The van der Waals surface area contributed by atoms with Crippen molar-refractivity contribution in [3.8, 4) is 0 Å². The molecule has 0 spiro atoms. The highest BCUT2D eigenvalue weighted by molar-refractivity contribution is 14.0. The molecule has 1 aromatic heterocycles. The number of aliphatic imine (C=N–C) groups is 1. The standard InChI is InChI=1S/C25H30N6O2.HI/c1-26-25(30-12-13-31(24(32)17-30)23-15-28-29(2)16-23)27-14-21-10-6-7-11-22(21)19-33-18-20-8-4-3-5-9-20;/h3-11,15-16H,12-14,17-19H2,1-2H3,(H,26,27);1H. The number of carbonyl (C=O) groups is 1. The van der Waals surface area contributed by atoms with Crippen LogP contribution in [0.2, 0.25) is 0 Å². The summed E-state index contributed by atoms with van der Waals surface area (Å²) in [6, 6.07) is 18.4. The number of halogens is 1. The molecule has 1 fully saturated rings. The first-order valence-corrected chi connectivity index (χ1v) is 11.1. The van der Waals surface area contributed by atoms with Gasteiger partial charge in [-0.2, -0.15) is 5.10 Å². The lowest BCUT2D eigenvalue weighted by atomic mass is 10.1. The van der Waals surface area contributed by atoms with Gasteiger partial charge in [-0.15, -0.1) is 24.0 Å². The lowest BCUT2D eigenvalue weighted by molar-refractivity contribution is -0.120. The second-order valence-corrected chi connectivity index (χ2v) is 7.99. The summed E-state index contributed by atoms with van der Waals surface area (Å²) < 4.78 is 7.64. The van der Waals surface area contributed by atoms with Crippen molar-refractivity contribution in [2.24, 2.45) is 12.0 Å². The number of nitrogens with one attached hydrogen (secondary N) is 1. The summed E-state index contributed by atoms with van der Waals surface area (Å²) in [5.74, 6) is 0.751. The van der Waals surface area contributed by atoms with Gasteiger partial charge in [0.2, 0.25) is 5.91 Å². The van der Waals surface area contributed by atoms with Crippen molar-refractivity contribution in [2.75, 3.05) is 31.6 Å². The van der Waals surface area contributed by atoms with Gasteiger partial charge < -0.3 is 19.9 Å². The maximum absolute atomic E-state index is 12.7. The number of benzene rings is 2. The number of amides is 1. The van der Waals surface area contributed by atoms with Crippen LogP contribution in [0, 0.1) is 0 Å². The van der Waals surface area contributed by atoms with Crippen LogP contribution in [0.4, 0.5) is 5.69 Å². The fourth-order valence-corrected chi connectivity index (χ4v) is 3.91. The lowest BCUT2D eigenvalue weighted by Gasteiger charge is -2.35. The fraction of sp³-hybridized carbons (Fsp3) is 0.320. The molecule has 180 valence electrons. The molecule has 1 saturated heterocycles. The van der Waals surface area contributed by atoms with E-state index in [2.05, 4.69) is 39.7 Å². The van der Waals surface area contributed by atoms with Crippen LogP contribution >= 0.6 is 24.0 Å². The number of aromatic nitrogens is 2. The maximum atomic E-state index is 12.7. The van der Waals surface area contributed by atoms with Gasteiger partial charge in [-0.05, 0) is 16.7 Å². The average molecular weight is 574 g/mol. The van der Waals surface area contributed by atoms with Crippen molar-refractivity contribution in [1.82, 2.24) is 20.0 Å². The van der Waals surface area contributed by atoms with E-state index in [0.29, 0.717) is 38.8 Å². The fourth-order valence-electron chi connectivity index (χ4n) is 3.91. The van der Waals surface area contributed by atoms with Gasteiger partial charge in [0.05, 0.1) is 25.1 Å². The molecule has 0 atom stereocenters. The molecule has 0 bridgehead atoms. The van der Waals surface area contributed by atoms with Crippen molar-refractivity contribution in [1.29, 1.82) is 0 Å². The minimum absolute atomic E-state index is 0. The Morgan fingerprint density at radius 1 is 1.06 bits per heavy atom. The van der Waals surface area contributed by atoms with E-state index in [4.69, 9.17) is 4.74 Å². The van der Waals surface area contributed by atoms with Crippen LogP contribution in [0.3, 0.4) is 0 Å². The lowest BCUT2D eigenvalue weighted by Crippen LogP contribution is -2.55. The van der Waals surface area contributed by atoms with E-state index in [9.17, 15) is 4.79 Å². The van der Waals surface area contributed by atoms with E-state index in [1.165, 1.54) is 0 Å². The van der Waals surface area contributed by atoms with Crippen LogP contribution in [-0.2, 0) is 36.3 Å². The van der Waals surface area contributed by atoms with Gasteiger partial charge in [0.25, 0.3) is 0 Å². The Bertz CT molecular complexity index is 1100. The largest absolute Gasteiger partial charge is 0.372 e. The summed E-state index contributed by atoms with van der Waals surface area (Å²) >= 11 is 0. The number of nitrogens with zero attached hydrogens (tertiary/aromatic N) is 5. The second-order valence-electron chi connectivity index (χ2n) is 7.99. The van der Waals surface area contributed by atoms with Crippen molar-refractivity contribution in [3.63, 3.8) is 0 Å². The first kappa shape index (κ1) is 25.7. The average Bonchev–Trinajstić information content (AvgIpc) is 3.27. The molecule has 3 aromatic rings. The topological polar surface area (TPSA) is 75.0 Å². The minimum atomic E-state index is 0. The van der Waals surface area contributed by atoms with Crippen molar-refractivity contribution in [3.05, 3.63) is 83.7 Å². The van der Waals surface area contributed by atoms with Crippen LogP contribution in [-0.4, -0.2) is 53.2 Å². The normalized spacial score (nSPS) is 14.2. The summed E-state index contributed by atoms with van der Waals surface area (Å²) in [7, 11) is 3.59. The van der Waals surface area contributed by atoms with E-state index in [1.54, 1.807) is 22.8 Å². The highest BCUT2D eigenvalue weighted by Crippen LogP contribution is 2.16. The molecule has 1 amide bonds. The highest BCUT2D eigenvalue weighted by Gasteiger charge is 2.27. The van der Waals surface area contributed by atoms with E-state index < -0.39 is 0 Å². The monoisotopic (exact) mass is 574 g/mol. The molecule has 1 N–H and O–H groups in total. The molecule has 0 radical (unpaired) electrons. The Labute approximate surface area is 217 Å². The number of rotatable bonds is 7. The highest BCUT2D eigenvalue weighted by atomic mass is 127. The van der Waals surface area contributed by atoms with Crippen LogP contribution in [0.1, 0.15) is 16.7 Å². The summed E-state index contributed by atoms with van der Waals surface area (Å²) in [6.45, 7) is 3.28. The minimum Gasteiger partial charge on any atom is -0.372 e. The number of hydrogen-bond donors (Lipinski definition) is 1. The Morgan fingerprint density at radius 2 is 1.79 bits per heavy atom. The summed E-state index contributed by atoms with van der Waals surface area (Å²) in [5.41, 5.74) is 4.26. The zero-order chi connectivity index (χ0) is 23.0. The summed E-state index contributed by atoms with van der Waals surface area (Å²) in [6.07, 6.45) is 3.58. The van der Waals surface area contributed by atoms with Crippen molar-refractivity contribution >= 4 is 41.5 Å². The van der Waals surface area contributed by atoms with Gasteiger partial charge in [0.1, 0.15) is 6.54 Å². The first-order chi connectivity index (χ1) is 16.1. The Morgan fingerprint density at radius 3 is 2.47 bits per heavy atom. The Hall–Kier alpha value is -2.92. The number of anilines is 1. The summed E-state index contributed by atoms with van der Waals surface area (Å²) in [4.78, 5) is 20.9. The molecule has 2 aromatic carbocycles. The predicted octanol–water partition coefficient (Wildman–Crippen LogP) is 3.18. The Kier molecular flexibility index (Phi) is 9.46. The molecule has 9 heteroatoms. The quantitative estimate of drug-likeness (QED) is 0.267. The number of hydrogen-bond acceptors (Lipinski definition) is 4. The van der Waals surface area contributed by atoms with E-state index >= 15 is 0 Å². The molecule has 4 rings (SSSR count). The Balaban J connectivity index is 0.00000324. The maximum Gasteiger partial charge on any atom is 0.246 e. The van der Waals surface area contributed by atoms with Crippen LogP contribution < -0.4 is 10.2 Å². The second kappa shape index (κ2) is 12.5. The predicted molar refractivity (Wildman–Crippen MR) is 144 cm³/mol. The zero-order valence-corrected chi connectivity index (χ0v) is 21.9. The smallest absolute Gasteiger partial charge is 0.246 e. The number of carbonyl (C=O) groups excluding carboxylic acids is 1. The molecule has 0 aliphatic carbocycles. The van der Waals surface area contributed by atoms with E-state index in [0.717, 1.165) is 22.4 Å². The molecule has 2 heterocycles. The number of guanidine groups is 1. The third-order valence-electron chi connectivity index (χ3n) is 5.66. The van der Waals surface area contributed by atoms with Crippen LogP contribution in [0.5, 0.6) is 0 Å². The first-order valence-electron chi connectivity index (χ1n) is 11.1. The molecule has 8 nitrogen and oxygen atoms in total. The third-order valence-corrected chi connectivity index (χ3v) is 5.66. The number of piperazine rings is 1. The third kappa shape index (κ3) is 6.57. The van der Waals surface area contributed by atoms with Gasteiger partial charge >= 0.3 is 0 Å². The SMILES string of the molecule is CN=C(NCc1ccccc1COCc1ccccc1)N1CCN(c2cnn(C)c2)C(=O)C1.I. The zero-order valence-electron chi connectivity index (χ0n) is 19.6. The molecule has 1 aliphatic heterocycles. The van der Waals surface area contributed by atoms with Gasteiger partial charge in [-0.25, -0.2) is 0 Å². The van der Waals surface area contributed by atoms with Gasteiger partial charge in [-0.1, -0.05) is 54.6 Å². The number of ether oxygens (including phenoxy) is 1. The van der Waals surface area contributed by atoms with Crippen LogP contribution in [0.25, 0.3) is 0 Å². The van der Waals surface area contributed by atoms with Crippen molar-refractivity contribution < 1.29 is 9.53 Å². The molecule has 0 unspecified atom stereocenters. The molecule has 0 saturated carbocycles. The van der Waals surface area contributed by atoms with E-state index in [-0.39, 0.29) is 36.4 Å². The van der Waals surface area contributed by atoms with Gasteiger partial charge in [0.15, 0.2) is 5.96 Å². The molecular weight excluding hydrogens is 543 g/mol.